The first-order chi connectivity index (χ1) is 3.81. The van der Waals surface area contributed by atoms with E-state index in [0.29, 0.717) is 5.71 Å². The minimum Gasteiger partial charge on any atom is -0.411 e. The molecule has 0 atom stereocenters. The second kappa shape index (κ2) is 7.47. The number of hydrogen-bond donors (Lipinski definition) is 1. The van der Waals surface area contributed by atoms with Gasteiger partial charge in [-0.25, -0.2) is 0 Å². The molecule has 1 N–H and O–H groups in total. The smallest absolute Gasteiger partial charge is 0.106 e. The first-order valence-electron chi connectivity index (χ1n) is 2.06. The van der Waals surface area contributed by atoms with E-state index in [2.05, 4.69) is 15.1 Å². The Kier molecular flexibility index (Phi) is 9.38. The number of oxime groups is 2. The van der Waals surface area contributed by atoms with Crippen molar-refractivity contribution < 1.29 is 27.4 Å². The molecule has 0 aromatic rings. The van der Waals surface area contributed by atoms with Gasteiger partial charge in [-0.15, -0.1) is 0 Å². The third-order valence-corrected chi connectivity index (χ3v) is 0.480. The Labute approximate surface area is 64.3 Å². The molecule has 0 unspecified atom stereocenters. The molecular formula is C4H8CrN2O2. The molecule has 0 radical (unpaired) electrons. The Morgan fingerprint density at radius 2 is 2.22 bits per heavy atom. The van der Waals surface area contributed by atoms with Crippen molar-refractivity contribution in [1.29, 1.82) is 0 Å². The molecule has 0 saturated carbocycles. The summed E-state index contributed by atoms with van der Waals surface area (Å²) in [6.07, 6.45) is 1.18. The Hall–Kier alpha value is -0.528. The van der Waals surface area contributed by atoms with Crippen LogP contribution in [0.15, 0.2) is 10.3 Å². The summed E-state index contributed by atoms with van der Waals surface area (Å²) in [5, 5.41) is 14.0. The van der Waals surface area contributed by atoms with Crippen molar-refractivity contribution in [2.45, 2.75) is 6.92 Å². The molecule has 5 heteroatoms. The maximum absolute atomic E-state index is 7.90. The Morgan fingerprint density at radius 1 is 1.67 bits per heavy atom. The summed E-state index contributed by atoms with van der Waals surface area (Å²) in [7, 11) is 1.43. The van der Waals surface area contributed by atoms with E-state index in [1.165, 1.54) is 13.3 Å². The fourth-order valence-corrected chi connectivity index (χ4v) is 0.251. The van der Waals surface area contributed by atoms with Gasteiger partial charge in [0.25, 0.3) is 0 Å². The number of rotatable bonds is 2. The standard InChI is InChI=1S/C4H8N2O2.Cr/c1-4(3-5-7)6-8-2;/h3,7H,1-2H3;. The van der Waals surface area contributed by atoms with Crippen LogP contribution in [-0.4, -0.2) is 24.2 Å². The predicted octanol–water partition coefficient (Wildman–Crippen LogP) is 0.466. The van der Waals surface area contributed by atoms with Gasteiger partial charge in [0.1, 0.15) is 7.11 Å². The quantitative estimate of drug-likeness (QED) is 0.370. The van der Waals surface area contributed by atoms with Crippen LogP contribution in [0.3, 0.4) is 0 Å². The van der Waals surface area contributed by atoms with Crippen molar-refractivity contribution in [3.63, 3.8) is 0 Å². The van der Waals surface area contributed by atoms with Crippen LogP contribution in [0.1, 0.15) is 6.92 Å². The van der Waals surface area contributed by atoms with E-state index >= 15 is 0 Å². The summed E-state index contributed by atoms with van der Waals surface area (Å²) in [5.41, 5.74) is 0.523. The van der Waals surface area contributed by atoms with E-state index in [1.54, 1.807) is 6.92 Å². The van der Waals surface area contributed by atoms with E-state index in [-0.39, 0.29) is 17.4 Å². The van der Waals surface area contributed by atoms with Gasteiger partial charge < -0.3 is 10.0 Å². The van der Waals surface area contributed by atoms with Crippen LogP contribution in [0.5, 0.6) is 0 Å². The Balaban J connectivity index is 0. The average Bonchev–Trinajstić information content (AvgIpc) is 1.68. The van der Waals surface area contributed by atoms with Crippen LogP contribution < -0.4 is 0 Å². The van der Waals surface area contributed by atoms with E-state index in [0.717, 1.165) is 0 Å². The van der Waals surface area contributed by atoms with Crippen LogP contribution in [0.4, 0.5) is 0 Å². The minimum absolute atomic E-state index is 0. The second-order valence-electron chi connectivity index (χ2n) is 1.16. The molecule has 0 aliphatic carbocycles. The topological polar surface area (TPSA) is 54.2 Å². The summed E-state index contributed by atoms with van der Waals surface area (Å²) in [6, 6.07) is 0. The molecule has 0 rings (SSSR count). The fourth-order valence-electron chi connectivity index (χ4n) is 0.251. The molecule has 0 aromatic heterocycles. The molecule has 0 bridgehead atoms. The molecule has 0 aliphatic rings. The van der Waals surface area contributed by atoms with E-state index < -0.39 is 0 Å². The van der Waals surface area contributed by atoms with Gasteiger partial charge in [-0.3, -0.25) is 0 Å². The van der Waals surface area contributed by atoms with Crippen LogP contribution >= 0.6 is 0 Å². The average molecular weight is 168 g/mol. The van der Waals surface area contributed by atoms with Gasteiger partial charge in [-0.05, 0) is 6.92 Å². The molecule has 0 fully saturated rings. The number of hydrogen-bond acceptors (Lipinski definition) is 4. The first-order valence-corrected chi connectivity index (χ1v) is 2.06. The van der Waals surface area contributed by atoms with Crippen molar-refractivity contribution in [3.05, 3.63) is 0 Å². The summed E-state index contributed by atoms with van der Waals surface area (Å²) < 4.78 is 0. The van der Waals surface area contributed by atoms with Gasteiger partial charge in [0.05, 0.1) is 11.9 Å². The minimum atomic E-state index is 0. The van der Waals surface area contributed by atoms with Crippen LogP contribution in [0.25, 0.3) is 0 Å². The SMILES string of the molecule is CON=C(C)C=NO.[Cr]. The predicted molar refractivity (Wildman–Crippen MR) is 30.4 cm³/mol. The van der Waals surface area contributed by atoms with Crippen molar-refractivity contribution in [2.75, 3.05) is 7.11 Å². The second-order valence-corrected chi connectivity index (χ2v) is 1.16. The van der Waals surface area contributed by atoms with Crippen LogP contribution in [0.2, 0.25) is 0 Å². The summed E-state index contributed by atoms with van der Waals surface area (Å²) in [5.74, 6) is 0. The van der Waals surface area contributed by atoms with Gasteiger partial charge >= 0.3 is 0 Å². The van der Waals surface area contributed by atoms with Gasteiger partial charge in [0, 0.05) is 17.4 Å². The van der Waals surface area contributed by atoms with Crippen LogP contribution in [0, 0.1) is 0 Å². The Morgan fingerprint density at radius 3 is 2.56 bits per heavy atom. The molecule has 0 spiro atoms. The largest absolute Gasteiger partial charge is 0.411 e. The zero-order valence-electron chi connectivity index (χ0n) is 5.24. The zero-order valence-corrected chi connectivity index (χ0v) is 6.51. The monoisotopic (exact) mass is 168 g/mol. The van der Waals surface area contributed by atoms with Crippen molar-refractivity contribution in [3.8, 4) is 0 Å². The van der Waals surface area contributed by atoms with Gasteiger partial charge in [-0.2, -0.15) is 0 Å². The van der Waals surface area contributed by atoms with Crippen LogP contribution in [-0.2, 0) is 22.2 Å². The van der Waals surface area contributed by atoms with Gasteiger partial charge in [-0.1, -0.05) is 10.3 Å². The molecule has 0 heterocycles. The van der Waals surface area contributed by atoms with E-state index in [1.807, 2.05) is 0 Å². The maximum atomic E-state index is 7.90. The third kappa shape index (κ3) is 7.47. The van der Waals surface area contributed by atoms with Crippen molar-refractivity contribution in [1.82, 2.24) is 0 Å². The summed E-state index contributed by atoms with van der Waals surface area (Å²) >= 11 is 0. The van der Waals surface area contributed by atoms with E-state index in [4.69, 9.17) is 5.21 Å². The van der Waals surface area contributed by atoms with Gasteiger partial charge in [0.15, 0.2) is 0 Å². The molecule has 0 saturated heterocycles. The normalized spacial score (nSPS) is 11.1. The Bertz CT molecular complexity index is 113. The van der Waals surface area contributed by atoms with Gasteiger partial charge in [0.2, 0.25) is 0 Å². The molecule has 0 aliphatic heterocycles. The third-order valence-electron chi connectivity index (χ3n) is 0.480. The fraction of sp³-hybridized carbons (Fsp3) is 0.500. The van der Waals surface area contributed by atoms with E-state index in [9.17, 15) is 0 Å². The summed E-state index contributed by atoms with van der Waals surface area (Å²) in [6.45, 7) is 1.66. The molecule has 0 aromatic carbocycles. The number of nitrogens with zero attached hydrogens (tertiary/aromatic N) is 2. The zero-order chi connectivity index (χ0) is 6.41. The molecule has 52 valence electrons. The molecule has 9 heavy (non-hydrogen) atoms. The van der Waals surface area contributed by atoms with Crippen molar-refractivity contribution >= 4 is 11.9 Å². The molecule has 0 amide bonds. The molecule has 4 nitrogen and oxygen atoms in total. The molecular weight excluding hydrogens is 160 g/mol. The summed E-state index contributed by atoms with van der Waals surface area (Å²) in [4.78, 5) is 4.34. The van der Waals surface area contributed by atoms with Crippen molar-refractivity contribution in [2.24, 2.45) is 10.3 Å². The first kappa shape index (κ1) is 11.3. The maximum Gasteiger partial charge on any atom is 0.106 e.